The van der Waals surface area contributed by atoms with E-state index in [1.165, 1.54) is 19.0 Å². The van der Waals surface area contributed by atoms with Crippen LogP contribution < -0.4 is 22.1 Å². The second-order valence-electron chi connectivity index (χ2n) is 13.1. The van der Waals surface area contributed by atoms with Crippen LogP contribution in [0.5, 0.6) is 5.75 Å². The molecule has 12 nitrogen and oxygen atoms in total. The molecule has 4 atom stereocenters. The largest absolute Gasteiger partial charge is 0.509 e. The maximum atomic E-state index is 14.7. The normalized spacial score (nSPS) is 27.2. The average molecular weight is 629 g/mol. The molecule has 9 N–H and O–H groups in total. The van der Waals surface area contributed by atoms with Crippen LogP contribution in [0.25, 0.3) is 16.9 Å². The number of rotatable bonds is 7. The smallest absolute Gasteiger partial charge is 0.255 e. The van der Waals surface area contributed by atoms with Gasteiger partial charge in [0.05, 0.1) is 34.3 Å². The number of phenols is 1. The zero-order valence-corrected chi connectivity index (χ0v) is 26.6. The first kappa shape index (κ1) is 32.7. The number of likely N-dealkylation sites (N-methyl/N-ethyl adjacent to an activating group) is 1. The van der Waals surface area contributed by atoms with Crippen LogP contribution in [0, 0.1) is 16.7 Å². The molecule has 0 aliphatic heterocycles. The van der Waals surface area contributed by atoms with Gasteiger partial charge in [-0.25, -0.2) is 0 Å². The van der Waals surface area contributed by atoms with E-state index in [0.717, 1.165) is 24.8 Å². The Morgan fingerprint density at radius 2 is 1.72 bits per heavy atom. The van der Waals surface area contributed by atoms with Gasteiger partial charge >= 0.3 is 0 Å². The third kappa shape index (κ3) is 4.26. The predicted octanol–water partition coefficient (Wildman–Crippen LogP) is 1.98. The summed E-state index contributed by atoms with van der Waals surface area (Å²) in [5.74, 6) is -5.64. The maximum Gasteiger partial charge on any atom is 0.255 e. The molecule has 2 aromatic carbocycles. The summed E-state index contributed by atoms with van der Waals surface area (Å²) in [5, 5.41) is 45.7. The highest BCUT2D eigenvalue weighted by Gasteiger charge is 2.74. The monoisotopic (exact) mass is 628 g/mol. The fraction of sp³-hybridized carbons (Fsp3) is 0.412. The molecule has 242 valence electrons. The third-order valence-electron chi connectivity index (χ3n) is 9.79. The van der Waals surface area contributed by atoms with Crippen molar-refractivity contribution in [2.24, 2.45) is 22.6 Å². The first-order valence-corrected chi connectivity index (χ1v) is 15.1. The molecule has 0 unspecified atom stereocenters. The number of aliphatic hydroxyl groups excluding tert-OH is 2. The predicted molar refractivity (Wildman–Crippen MR) is 173 cm³/mol. The van der Waals surface area contributed by atoms with E-state index in [1.54, 1.807) is 31.1 Å². The molecular weight excluding hydrogens is 588 g/mol. The number of aliphatic hydroxyl groups is 2. The number of nitrogens with zero attached hydrogens (tertiary/aromatic N) is 3. The Labute approximate surface area is 267 Å². The lowest BCUT2D eigenvalue weighted by molar-refractivity contribution is -0.139. The van der Waals surface area contributed by atoms with Crippen molar-refractivity contribution in [3.8, 4) is 22.9 Å². The first-order valence-electron chi connectivity index (χ1n) is 15.1. The number of Topliss-reactive ketones (excluding diaryl/α,β-unsaturated/α-hetero) is 2. The first-order chi connectivity index (χ1) is 21.5. The summed E-state index contributed by atoms with van der Waals surface area (Å²) in [7, 11) is 6.54. The number of primary amides is 1. The molecule has 1 saturated carbocycles. The fourth-order valence-electron chi connectivity index (χ4n) is 7.73. The summed E-state index contributed by atoms with van der Waals surface area (Å²) in [4.78, 5) is 43.8. The van der Waals surface area contributed by atoms with Gasteiger partial charge in [0.25, 0.3) is 5.91 Å². The zero-order chi connectivity index (χ0) is 34.1. The molecule has 3 aliphatic rings. The average Bonchev–Trinajstić information content (AvgIpc) is 2.95. The van der Waals surface area contributed by atoms with Crippen molar-refractivity contribution in [1.29, 1.82) is 5.26 Å². The van der Waals surface area contributed by atoms with E-state index < -0.39 is 69.1 Å². The summed E-state index contributed by atoms with van der Waals surface area (Å²) in [6.45, 7) is 2.12. The SMILES string of the molecule is CCCCc1ccc(-c2cc(N(C)C)c3c(c2O)C(O)=C2C(=O)[C@]4(C#N)C(O)=C(C(N)=O)C(=O)[C@@H](N(C)C)[C@]4(N)C[C@]2(N)C3)cc1. The van der Waals surface area contributed by atoms with Gasteiger partial charge < -0.3 is 37.4 Å². The third-order valence-corrected chi connectivity index (χ3v) is 9.79. The van der Waals surface area contributed by atoms with E-state index in [9.17, 15) is 35.0 Å². The number of fused-ring (bicyclic) bond motifs is 3. The number of nitriles is 1. The number of unbranched alkanes of at least 4 members (excludes halogenated alkanes) is 1. The number of hydrogen-bond acceptors (Lipinski definition) is 11. The molecule has 12 heteroatoms. The van der Waals surface area contributed by atoms with Gasteiger partial charge in [-0.05, 0) is 62.5 Å². The Morgan fingerprint density at radius 3 is 2.24 bits per heavy atom. The van der Waals surface area contributed by atoms with Crippen LogP contribution in [0.3, 0.4) is 0 Å². The Bertz CT molecular complexity index is 1790. The second-order valence-corrected chi connectivity index (χ2v) is 13.1. The molecule has 46 heavy (non-hydrogen) atoms. The number of carbonyl (C=O) groups is 3. The maximum absolute atomic E-state index is 14.7. The number of ketones is 2. The lowest BCUT2D eigenvalue weighted by Crippen LogP contribution is -2.80. The standard InChI is InChI=1S/C34H40N6O6/c1-6-7-8-17-9-11-18(12-10-17)19-13-21(39(2)3)20-14-32(37)15-34(38)28(40(4)5)27(43)23(31(36)46)29(44)33(34,16-35)30(45)24(32)26(42)22(20)25(19)41/h9-13,28,41-42,44H,6-8,14-15,37-38H2,1-5H3,(H2,36,46)/t28-,32-,33+,34-/m1/s1. The van der Waals surface area contributed by atoms with Crippen LogP contribution in [0.2, 0.25) is 0 Å². The van der Waals surface area contributed by atoms with Gasteiger partial charge in [-0.15, -0.1) is 0 Å². The van der Waals surface area contributed by atoms with Gasteiger partial charge in [-0.2, -0.15) is 5.26 Å². The second kappa shape index (κ2) is 11.0. The minimum absolute atomic E-state index is 0.0482. The topological polar surface area (TPSA) is 220 Å². The van der Waals surface area contributed by atoms with Crippen LogP contribution in [0.1, 0.15) is 42.9 Å². The molecule has 0 aromatic heterocycles. The number of hydrogen-bond donors (Lipinski definition) is 6. The summed E-state index contributed by atoms with van der Waals surface area (Å²) < 4.78 is 0. The van der Waals surface area contributed by atoms with Crippen LogP contribution in [0.4, 0.5) is 5.69 Å². The molecule has 3 aliphatic carbocycles. The summed E-state index contributed by atoms with van der Waals surface area (Å²) in [5.41, 5.74) is 14.6. The van der Waals surface area contributed by atoms with Gasteiger partial charge in [0, 0.05) is 25.3 Å². The number of phenolic OH excluding ortho intramolecular Hbond substituents is 1. The molecule has 0 bridgehead atoms. The Hall–Kier alpha value is -4.70. The van der Waals surface area contributed by atoms with Crippen molar-refractivity contribution < 1.29 is 29.7 Å². The van der Waals surface area contributed by atoms with Crippen molar-refractivity contribution >= 4 is 28.9 Å². The highest BCUT2D eigenvalue weighted by molar-refractivity contribution is 6.25. The fourth-order valence-corrected chi connectivity index (χ4v) is 7.73. The number of benzene rings is 2. The quantitative estimate of drug-likeness (QED) is 0.243. The molecule has 0 radical (unpaired) electrons. The number of anilines is 1. The van der Waals surface area contributed by atoms with Gasteiger partial charge in [-0.3, -0.25) is 19.3 Å². The Morgan fingerprint density at radius 1 is 1.09 bits per heavy atom. The van der Waals surface area contributed by atoms with Crippen LogP contribution in [-0.4, -0.2) is 83.0 Å². The van der Waals surface area contributed by atoms with Gasteiger partial charge in [0.1, 0.15) is 22.8 Å². The van der Waals surface area contributed by atoms with E-state index in [-0.39, 0.29) is 17.7 Å². The van der Waals surface area contributed by atoms with Crippen molar-refractivity contribution in [2.75, 3.05) is 33.1 Å². The Kier molecular flexibility index (Phi) is 7.80. The lowest BCUT2D eigenvalue weighted by Gasteiger charge is -2.58. The van der Waals surface area contributed by atoms with E-state index in [4.69, 9.17) is 17.2 Å². The van der Waals surface area contributed by atoms with E-state index >= 15 is 0 Å². The number of amides is 1. The number of aromatic hydroxyl groups is 1. The van der Waals surface area contributed by atoms with Crippen molar-refractivity contribution in [1.82, 2.24) is 4.90 Å². The summed E-state index contributed by atoms with van der Waals surface area (Å²) in [6, 6.07) is 9.81. The van der Waals surface area contributed by atoms with Crippen molar-refractivity contribution in [3.63, 3.8) is 0 Å². The van der Waals surface area contributed by atoms with Crippen molar-refractivity contribution in [3.05, 3.63) is 63.9 Å². The van der Waals surface area contributed by atoms with Gasteiger partial charge in [0.15, 0.2) is 17.0 Å². The molecule has 0 spiro atoms. The van der Waals surface area contributed by atoms with Crippen molar-refractivity contribution in [2.45, 2.75) is 56.1 Å². The number of aryl methyl sites for hydroxylation is 1. The van der Waals surface area contributed by atoms with E-state index in [0.29, 0.717) is 22.4 Å². The highest BCUT2D eigenvalue weighted by atomic mass is 16.3. The van der Waals surface area contributed by atoms with Gasteiger partial charge in [0.2, 0.25) is 0 Å². The molecule has 0 heterocycles. The molecule has 5 rings (SSSR count). The zero-order valence-electron chi connectivity index (χ0n) is 26.6. The number of carbonyl (C=O) groups excluding carboxylic acids is 3. The van der Waals surface area contributed by atoms with Crippen LogP contribution in [0.15, 0.2) is 47.2 Å². The Balaban J connectivity index is 1.81. The minimum Gasteiger partial charge on any atom is -0.509 e. The summed E-state index contributed by atoms with van der Waals surface area (Å²) in [6.07, 6.45) is 2.45. The minimum atomic E-state index is -2.71. The molecule has 1 fully saturated rings. The molecule has 2 aromatic rings. The lowest BCUT2D eigenvalue weighted by atomic mass is 9.47. The van der Waals surface area contributed by atoms with Gasteiger partial charge in [-0.1, -0.05) is 37.6 Å². The summed E-state index contributed by atoms with van der Waals surface area (Å²) >= 11 is 0. The molecule has 0 saturated heterocycles. The van der Waals surface area contributed by atoms with E-state index in [2.05, 4.69) is 6.92 Å². The molecule has 1 amide bonds. The molecular formula is C34H40N6O6. The highest BCUT2D eigenvalue weighted by Crippen LogP contribution is 2.59. The number of nitrogens with two attached hydrogens (primary N) is 3. The van der Waals surface area contributed by atoms with Crippen LogP contribution in [-0.2, 0) is 27.2 Å². The van der Waals surface area contributed by atoms with Crippen LogP contribution >= 0.6 is 0 Å². The van der Waals surface area contributed by atoms with E-state index in [1.807, 2.05) is 24.3 Å².